The molecule has 1 aliphatic rings. The van der Waals surface area contributed by atoms with E-state index < -0.39 is 5.91 Å². The molecule has 1 heterocycles. The zero-order chi connectivity index (χ0) is 13.3. The average molecular weight is 251 g/mol. The van der Waals surface area contributed by atoms with E-state index in [1.165, 1.54) is 6.07 Å². The summed E-state index contributed by atoms with van der Waals surface area (Å²) in [6.07, 6.45) is 0. The number of benzene rings is 1. The summed E-state index contributed by atoms with van der Waals surface area (Å²) in [7, 11) is 0. The average Bonchev–Trinajstić information content (AvgIpc) is 2.61. The summed E-state index contributed by atoms with van der Waals surface area (Å²) in [6.45, 7) is 4.26. The highest BCUT2D eigenvalue weighted by Crippen LogP contribution is 2.19. The van der Waals surface area contributed by atoms with E-state index in [-0.39, 0.29) is 17.4 Å². The molecule has 1 fully saturated rings. The van der Waals surface area contributed by atoms with Crippen molar-refractivity contribution in [3.05, 3.63) is 35.1 Å². The Morgan fingerprint density at radius 3 is 2.72 bits per heavy atom. The topological polar surface area (TPSA) is 72.3 Å². The minimum atomic E-state index is -0.614. The third-order valence-corrected chi connectivity index (χ3v) is 3.48. The summed E-state index contributed by atoms with van der Waals surface area (Å²) in [5.41, 5.74) is 11.8. The van der Waals surface area contributed by atoms with Gasteiger partial charge in [-0.1, -0.05) is 13.0 Å². The molecule has 2 atom stereocenters. The molecular formula is C13H18FN3O. The van der Waals surface area contributed by atoms with Crippen LogP contribution in [0.2, 0.25) is 0 Å². The Morgan fingerprint density at radius 1 is 1.50 bits per heavy atom. The van der Waals surface area contributed by atoms with Gasteiger partial charge >= 0.3 is 0 Å². The van der Waals surface area contributed by atoms with Gasteiger partial charge in [0.1, 0.15) is 5.82 Å². The Hall–Kier alpha value is -1.46. The van der Waals surface area contributed by atoms with Gasteiger partial charge in [0.15, 0.2) is 0 Å². The number of hydrogen-bond acceptors (Lipinski definition) is 3. The van der Waals surface area contributed by atoms with Crippen molar-refractivity contribution in [2.75, 3.05) is 13.1 Å². The first-order valence-corrected chi connectivity index (χ1v) is 6.03. The predicted molar refractivity (Wildman–Crippen MR) is 67.3 cm³/mol. The van der Waals surface area contributed by atoms with Crippen LogP contribution in [0.4, 0.5) is 4.39 Å². The van der Waals surface area contributed by atoms with Crippen LogP contribution in [0.15, 0.2) is 18.2 Å². The second-order valence-corrected chi connectivity index (χ2v) is 5.01. The lowest BCUT2D eigenvalue weighted by molar-refractivity contribution is 0.1000. The van der Waals surface area contributed by atoms with Crippen molar-refractivity contribution < 1.29 is 9.18 Å². The molecule has 0 aromatic heterocycles. The first kappa shape index (κ1) is 13.0. The van der Waals surface area contributed by atoms with Gasteiger partial charge in [0.2, 0.25) is 5.91 Å². The number of nitrogens with zero attached hydrogens (tertiary/aromatic N) is 1. The summed E-state index contributed by atoms with van der Waals surface area (Å²) in [4.78, 5) is 13.0. The molecule has 1 saturated heterocycles. The number of carbonyl (C=O) groups excluding carboxylic acids is 1. The summed E-state index contributed by atoms with van der Waals surface area (Å²) < 4.78 is 13.8. The number of rotatable bonds is 3. The molecule has 5 heteroatoms. The minimum absolute atomic E-state index is 0.151. The van der Waals surface area contributed by atoms with Crippen LogP contribution in [0.1, 0.15) is 22.8 Å². The Labute approximate surface area is 106 Å². The second-order valence-electron chi connectivity index (χ2n) is 5.01. The van der Waals surface area contributed by atoms with E-state index in [0.29, 0.717) is 18.0 Å². The van der Waals surface area contributed by atoms with E-state index in [1.807, 2.05) is 0 Å². The van der Waals surface area contributed by atoms with Crippen LogP contribution in [0.5, 0.6) is 0 Å². The van der Waals surface area contributed by atoms with E-state index in [9.17, 15) is 9.18 Å². The molecule has 1 aliphatic heterocycles. The van der Waals surface area contributed by atoms with Crippen molar-refractivity contribution in [3.63, 3.8) is 0 Å². The fourth-order valence-electron chi connectivity index (χ4n) is 2.29. The minimum Gasteiger partial charge on any atom is -0.366 e. The first-order valence-electron chi connectivity index (χ1n) is 6.03. The molecule has 4 nitrogen and oxygen atoms in total. The highest BCUT2D eigenvalue weighted by Gasteiger charge is 2.26. The molecule has 0 bridgehead atoms. The van der Waals surface area contributed by atoms with Gasteiger partial charge in [-0.05, 0) is 18.1 Å². The van der Waals surface area contributed by atoms with Gasteiger partial charge in [-0.25, -0.2) is 4.39 Å². The third-order valence-electron chi connectivity index (χ3n) is 3.48. The van der Waals surface area contributed by atoms with Crippen molar-refractivity contribution in [2.45, 2.75) is 19.5 Å². The number of hydrogen-bond donors (Lipinski definition) is 2. The molecule has 0 spiro atoms. The molecule has 2 rings (SSSR count). The molecular weight excluding hydrogens is 233 g/mol. The highest BCUT2D eigenvalue weighted by atomic mass is 19.1. The Balaban J connectivity index is 2.08. The molecule has 1 aromatic rings. The predicted octanol–water partition coefficient (Wildman–Crippen LogP) is 0.704. The van der Waals surface area contributed by atoms with Gasteiger partial charge in [-0.15, -0.1) is 0 Å². The number of likely N-dealkylation sites (tertiary alicyclic amines) is 1. The maximum Gasteiger partial charge on any atom is 0.248 e. The number of carbonyl (C=O) groups is 1. The molecule has 0 radical (unpaired) electrons. The quantitative estimate of drug-likeness (QED) is 0.830. The molecule has 4 N–H and O–H groups in total. The number of amides is 1. The van der Waals surface area contributed by atoms with E-state index >= 15 is 0 Å². The van der Waals surface area contributed by atoms with Crippen molar-refractivity contribution in [1.29, 1.82) is 0 Å². The van der Waals surface area contributed by atoms with Crippen molar-refractivity contribution in [3.8, 4) is 0 Å². The van der Waals surface area contributed by atoms with Crippen LogP contribution in [0.25, 0.3) is 0 Å². The molecule has 1 amide bonds. The Kier molecular flexibility index (Phi) is 3.63. The van der Waals surface area contributed by atoms with Gasteiger partial charge in [0.25, 0.3) is 0 Å². The monoisotopic (exact) mass is 251 g/mol. The van der Waals surface area contributed by atoms with Gasteiger partial charge in [0.05, 0.1) is 0 Å². The largest absolute Gasteiger partial charge is 0.366 e. The zero-order valence-corrected chi connectivity index (χ0v) is 10.4. The van der Waals surface area contributed by atoms with Gasteiger partial charge in [-0.2, -0.15) is 0 Å². The summed E-state index contributed by atoms with van der Waals surface area (Å²) in [5, 5.41) is 0. The fourth-order valence-corrected chi connectivity index (χ4v) is 2.29. The third kappa shape index (κ3) is 2.68. The van der Waals surface area contributed by atoms with Crippen molar-refractivity contribution in [2.24, 2.45) is 17.4 Å². The maximum absolute atomic E-state index is 13.8. The Morgan fingerprint density at radius 2 is 2.22 bits per heavy atom. The fraction of sp³-hybridized carbons (Fsp3) is 0.462. The van der Waals surface area contributed by atoms with Gasteiger partial charge in [-0.3, -0.25) is 9.69 Å². The van der Waals surface area contributed by atoms with Crippen LogP contribution in [-0.2, 0) is 6.54 Å². The lowest BCUT2D eigenvalue weighted by atomic mass is 10.1. The number of primary amides is 1. The van der Waals surface area contributed by atoms with Crippen LogP contribution in [0, 0.1) is 11.7 Å². The summed E-state index contributed by atoms with van der Waals surface area (Å²) in [5.74, 6) is -0.574. The highest BCUT2D eigenvalue weighted by molar-refractivity contribution is 5.92. The van der Waals surface area contributed by atoms with Crippen molar-refractivity contribution >= 4 is 5.91 Å². The Bertz CT molecular complexity index is 454. The summed E-state index contributed by atoms with van der Waals surface area (Å²) in [6, 6.07) is 4.51. The smallest absolute Gasteiger partial charge is 0.248 e. The maximum atomic E-state index is 13.8. The number of nitrogens with two attached hydrogens (primary N) is 2. The van der Waals surface area contributed by atoms with Gasteiger partial charge < -0.3 is 11.5 Å². The van der Waals surface area contributed by atoms with Crippen LogP contribution < -0.4 is 11.5 Å². The lowest BCUT2D eigenvalue weighted by Gasteiger charge is -2.16. The van der Waals surface area contributed by atoms with Crippen LogP contribution >= 0.6 is 0 Å². The van der Waals surface area contributed by atoms with Crippen LogP contribution in [-0.4, -0.2) is 29.9 Å². The van der Waals surface area contributed by atoms with E-state index in [2.05, 4.69) is 11.8 Å². The molecule has 0 saturated carbocycles. The first-order chi connectivity index (χ1) is 8.47. The SMILES string of the molecule is CC1CN(Cc2ccc(C(N)=O)cc2F)CC1N. The normalized spacial score (nSPS) is 24.4. The van der Waals surface area contributed by atoms with E-state index in [0.717, 1.165) is 13.1 Å². The molecule has 2 unspecified atom stereocenters. The van der Waals surface area contributed by atoms with E-state index in [1.54, 1.807) is 12.1 Å². The van der Waals surface area contributed by atoms with Crippen LogP contribution in [0.3, 0.4) is 0 Å². The number of halogens is 1. The van der Waals surface area contributed by atoms with Crippen molar-refractivity contribution in [1.82, 2.24) is 4.90 Å². The molecule has 0 aliphatic carbocycles. The molecule has 1 aromatic carbocycles. The molecule has 98 valence electrons. The molecule has 18 heavy (non-hydrogen) atoms. The summed E-state index contributed by atoms with van der Waals surface area (Å²) >= 11 is 0. The van der Waals surface area contributed by atoms with Gasteiger partial charge in [0, 0.05) is 36.8 Å². The van der Waals surface area contributed by atoms with E-state index in [4.69, 9.17) is 11.5 Å². The zero-order valence-electron chi connectivity index (χ0n) is 10.4. The standard InChI is InChI=1S/C13H18FN3O/c1-8-5-17(7-12(8)15)6-10-3-2-9(13(16)18)4-11(10)14/h2-4,8,12H,5-7,15H2,1H3,(H2,16,18). The lowest BCUT2D eigenvalue weighted by Crippen LogP contribution is -2.28. The second kappa shape index (κ2) is 5.04.